The van der Waals surface area contributed by atoms with Gasteiger partial charge in [0.2, 0.25) is 0 Å². The molecule has 19 heavy (non-hydrogen) atoms. The fourth-order valence-corrected chi connectivity index (χ4v) is 1.99. The number of nitrogens with zero attached hydrogens (tertiary/aromatic N) is 3. The molecule has 104 valence electrons. The van der Waals surface area contributed by atoms with Gasteiger partial charge in [-0.15, -0.1) is 0 Å². The monoisotopic (exact) mass is 264 g/mol. The third-order valence-electron chi connectivity index (χ3n) is 3.19. The molecule has 2 aromatic rings. The lowest BCUT2D eigenvalue weighted by Gasteiger charge is -2.15. The maximum absolute atomic E-state index is 9.00. The lowest BCUT2D eigenvalue weighted by molar-refractivity contribution is 0.258. The number of rotatable bonds is 7. The minimum absolute atomic E-state index is 0.205. The van der Waals surface area contributed by atoms with E-state index in [4.69, 9.17) is 10.9 Å². The second-order valence-electron chi connectivity index (χ2n) is 4.44. The molecular formula is C12H20N6O. The minimum Gasteiger partial charge on any atom is -0.396 e. The third-order valence-corrected chi connectivity index (χ3v) is 3.19. The van der Waals surface area contributed by atoms with Gasteiger partial charge in [-0.25, -0.2) is 15.8 Å². The van der Waals surface area contributed by atoms with E-state index >= 15 is 0 Å². The van der Waals surface area contributed by atoms with Gasteiger partial charge < -0.3 is 20.2 Å². The Morgan fingerprint density at radius 2 is 2.37 bits per heavy atom. The molecule has 0 aliphatic rings. The molecule has 0 aliphatic heterocycles. The van der Waals surface area contributed by atoms with Crippen molar-refractivity contribution in [2.24, 2.45) is 11.8 Å². The molecule has 5 N–H and O–H groups in total. The molecule has 1 atom stereocenters. The Labute approximate surface area is 111 Å². The summed E-state index contributed by atoms with van der Waals surface area (Å²) in [6, 6.07) is 0. The van der Waals surface area contributed by atoms with E-state index in [1.807, 2.05) is 10.6 Å². The first-order chi connectivity index (χ1) is 9.28. The zero-order valence-electron chi connectivity index (χ0n) is 11.0. The molecule has 0 aromatic carbocycles. The molecule has 0 aliphatic carbocycles. The lowest BCUT2D eigenvalue weighted by atomic mass is 10.0. The fraction of sp³-hybridized carbons (Fsp3) is 0.500. The van der Waals surface area contributed by atoms with Crippen molar-refractivity contribution in [3.05, 3.63) is 18.6 Å². The van der Waals surface area contributed by atoms with Gasteiger partial charge in [0.1, 0.15) is 0 Å². The maximum Gasteiger partial charge on any atom is 0.180 e. The van der Waals surface area contributed by atoms with Crippen LogP contribution in [0, 0.1) is 5.92 Å². The predicted octanol–water partition coefficient (Wildman–Crippen LogP) is 0.835. The number of imidazole rings is 1. The van der Waals surface area contributed by atoms with Crippen LogP contribution in [0.3, 0.4) is 0 Å². The van der Waals surface area contributed by atoms with Crippen molar-refractivity contribution in [3.8, 4) is 0 Å². The molecule has 0 spiro atoms. The van der Waals surface area contributed by atoms with E-state index in [0.29, 0.717) is 17.6 Å². The minimum atomic E-state index is 0.205. The van der Waals surface area contributed by atoms with Gasteiger partial charge in [0.15, 0.2) is 17.3 Å². The largest absolute Gasteiger partial charge is 0.396 e. The van der Waals surface area contributed by atoms with Crippen LogP contribution in [0.5, 0.6) is 0 Å². The van der Waals surface area contributed by atoms with E-state index < -0.39 is 0 Å². The Morgan fingerprint density at radius 3 is 3.05 bits per heavy atom. The number of nitrogens with one attached hydrogen (secondary N) is 2. The number of aromatic nitrogens is 3. The van der Waals surface area contributed by atoms with Crippen molar-refractivity contribution in [2.75, 3.05) is 23.9 Å². The van der Waals surface area contributed by atoms with E-state index in [9.17, 15) is 0 Å². The number of hydrogen-bond donors (Lipinski definition) is 4. The van der Waals surface area contributed by atoms with Crippen LogP contribution in [0.4, 0.5) is 11.6 Å². The molecule has 2 aromatic heterocycles. The first-order valence-corrected chi connectivity index (χ1v) is 6.43. The molecule has 1 unspecified atom stereocenters. The molecule has 0 saturated carbocycles. The summed E-state index contributed by atoms with van der Waals surface area (Å²) >= 11 is 0. The Hall–Kier alpha value is -1.86. The number of anilines is 2. The van der Waals surface area contributed by atoms with Gasteiger partial charge in [-0.3, -0.25) is 0 Å². The van der Waals surface area contributed by atoms with Crippen molar-refractivity contribution in [1.29, 1.82) is 0 Å². The molecule has 0 fully saturated rings. The van der Waals surface area contributed by atoms with Crippen LogP contribution in [0.25, 0.3) is 5.65 Å². The number of fused-ring (bicyclic) bond motifs is 1. The van der Waals surface area contributed by atoms with Crippen molar-refractivity contribution in [2.45, 2.75) is 19.8 Å². The highest BCUT2D eigenvalue weighted by atomic mass is 16.3. The van der Waals surface area contributed by atoms with Gasteiger partial charge in [0, 0.05) is 25.5 Å². The van der Waals surface area contributed by atoms with Crippen molar-refractivity contribution >= 4 is 17.3 Å². The lowest BCUT2D eigenvalue weighted by Crippen LogP contribution is -2.17. The van der Waals surface area contributed by atoms with Crippen LogP contribution < -0.4 is 16.6 Å². The van der Waals surface area contributed by atoms with Crippen molar-refractivity contribution in [1.82, 2.24) is 14.4 Å². The van der Waals surface area contributed by atoms with Crippen LogP contribution in [0.2, 0.25) is 0 Å². The topological polar surface area (TPSA) is 100 Å². The Balaban J connectivity index is 2.16. The first kappa shape index (κ1) is 13.6. The van der Waals surface area contributed by atoms with Crippen LogP contribution >= 0.6 is 0 Å². The summed E-state index contributed by atoms with van der Waals surface area (Å²) < 4.78 is 1.86. The Kier molecular flexibility index (Phi) is 4.53. The Bertz CT molecular complexity index is 526. The molecule has 0 saturated heterocycles. The average Bonchev–Trinajstić information content (AvgIpc) is 2.91. The predicted molar refractivity (Wildman–Crippen MR) is 74.8 cm³/mol. The first-order valence-electron chi connectivity index (χ1n) is 6.43. The highest BCUT2D eigenvalue weighted by Gasteiger charge is 2.10. The SMILES string of the molecule is CCC(CCO)CNc1nc(NN)cn2ccnc12. The smallest absolute Gasteiger partial charge is 0.180 e. The summed E-state index contributed by atoms with van der Waals surface area (Å²) in [4.78, 5) is 8.63. The average molecular weight is 264 g/mol. The summed E-state index contributed by atoms with van der Waals surface area (Å²) in [5.74, 6) is 7.08. The van der Waals surface area contributed by atoms with Crippen molar-refractivity contribution in [3.63, 3.8) is 0 Å². The fourth-order valence-electron chi connectivity index (χ4n) is 1.99. The third kappa shape index (κ3) is 3.12. The van der Waals surface area contributed by atoms with E-state index in [1.54, 1.807) is 12.4 Å². The van der Waals surface area contributed by atoms with Crippen LogP contribution in [-0.2, 0) is 0 Å². The zero-order valence-corrected chi connectivity index (χ0v) is 11.0. The number of hydrogen-bond acceptors (Lipinski definition) is 6. The maximum atomic E-state index is 9.00. The summed E-state index contributed by atoms with van der Waals surface area (Å²) in [5, 5.41) is 12.3. The highest BCUT2D eigenvalue weighted by molar-refractivity contribution is 5.65. The molecule has 7 heteroatoms. The summed E-state index contributed by atoms with van der Waals surface area (Å²) in [6.07, 6.45) is 7.12. The van der Waals surface area contributed by atoms with Crippen LogP contribution in [0.1, 0.15) is 19.8 Å². The van der Waals surface area contributed by atoms with Gasteiger partial charge in [-0.2, -0.15) is 0 Å². The number of nitrogens with two attached hydrogens (primary N) is 1. The normalized spacial score (nSPS) is 12.6. The number of hydrazine groups is 1. The van der Waals surface area contributed by atoms with Gasteiger partial charge in [0.05, 0.1) is 6.20 Å². The van der Waals surface area contributed by atoms with Crippen LogP contribution in [0.15, 0.2) is 18.6 Å². The Morgan fingerprint density at radius 1 is 1.53 bits per heavy atom. The summed E-state index contributed by atoms with van der Waals surface area (Å²) in [6.45, 7) is 3.07. The van der Waals surface area contributed by atoms with Gasteiger partial charge >= 0.3 is 0 Å². The van der Waals surface area contributed by atoms with Gasteiger partial charge in [0.25, 0.3) is 0 Å². The molecule has 7 nitrogen and oxygen atoms in total. The summed E-state index contributed by atoms with van der Waals surface area (Å²) in [7, 11) is 0. The quantitative estimate of drug-likeness (QED) is 0.436. The van der Waals surface area contributed by atoms with E-state index in [1.165, 1.54) is 0 Å². The standard InChI is InChI=1S/C12H20N6O/c1-2-9(3-6-19)7-15-11-12-14-4-5-18(12)8-10(16-11)17-13/h4-5,8-9,17,19H,2-3,6-7,13H2,1H3,(H,15,16). The van der Waals surface area contributed by atoms with Gasteiger partial charge in [-0.05, 0) is 12.3 Å². The second-order valence-corrected chi connectivity index (χ2v) is 4.44. The highest BCUT2D eigenvalue weighted by Crippen LogP contribution is 2.17. The van der Waals surface area contributed by atoms with E-state index in [-0.39, 0.29) is 6.61 Å². The van der Waals surface area contributed by atoms with Crippen molar-refractivity contribution < 1.29 is 5.11 Å². The van der Waals surface area contributed by atoms with Gasteiger partial charge in [-0.1, -0.05) is 13.3 Å². The van der Waals surface area contributed by atoms with E-state index in [0.717, 1.165) is 25.0 Å². The van der Waals surface area contributed by atoms with E-state index in [2.05, 4.69) is 27.6 Å². The number of nitrogen functional groups attached to an aromatic ring is 1. The number of aliphatic hydroxyl groups is 1. The molecule has 2 rings (SSSR count). The molecular weight excluding hydrogens is 244 g/mol. The second kappa shape index (κ2) is 6.35. The molecule has 0 bridgehead atoms. The molecule has 0 radical (unpaired) electrons. The zero-order chi connectivity index (χ0) is 13.7. The van der Waals surface area contributed by atoms with Crippen LogP contribution in [-0.4, -0.2) is 32.6 Å². The number of aliphatic hydroxyl groups excluding tert-OH is 1. The molecule has 0 amide bonds. The molecule has 2 heterocycles. The summed E-state index contributed by atoms with van der Waals surface area (Å²) in [5.41, 5.74) is 3.30.